The molecule has 8 rings (SSSR count). The number of benzene rings is 2. The number of fused-ring (bicyclic) bond motifs is 7. The van der Waals surface area contributed by atoms with Crippen LogP contribution in [0.3, 0.4) is 0 Å². The number of pyridine rings is 1. The molecule has 2 saturated carbocycles. The molecule has 2 aliphatic carbocycles. The molecule has 2 amide bonds. The monoisotopic (exact) mass is 724 g/mol. The van der Waals surface area contributed by atoms with Crippen LogP contribution in [-0.4, -0.2) is 47.4 Å². The second kappa shape index (κ2) is 12.5. The van der Waals surface area contributed by atoms with Crippen LogP contribution in [0.15, 0.2) is 48.5 Å². The number of nitrogens with zero attached hydrogens (tertiary/aromatic N) is 3. The average Bonchev–Trinajstić information content (AvgIpc) is 3.86. The van der Waals surface area contributed by atoms with Crippen LogP contribution >= 0.6 is 11.3 Å². The quantitative estimate of drug-likeness (QED) is 0.194. The number of anilines is 1. The Morgan fingerprint density at radius 1 is 0.902 bits per heavy atom. The highest BCUT2D eigenvalue weighted by atomic mass is 32.2. The Kier molecular flexibility index (Phi) is 8.29. The topological polar surface area (TPSA) is 111 Å². The van der Waals surface area contributed by atoms with E-state index in [4.69, 9.17) is 9.72 Å². The molecular formula is C40H44N4O5S2. The maximum absolute atomic E-state index is 14.1. The first kappa shape index (κ1) is 33.9. The van der Waals surface area contributed by atoms with Crippen LogP contribution in [-0.2, 0) is 21.3 Å². The number of ether oxygens (including phenoxy) is 1. The predicted molar refractivity (Wildman–Crippen MR) is 204 cm³/mol. The molecule has 0 bridgehead atoms. The van der Waals surface area contributed by atoms with E-state index in [1.54, 1.807) is 22.3 Å². The lowest BCUT2D eigenvalue weighted by molar-refractivity contribution is 0.0580. The summed E-state index contributed by atoms with van der Waals surface area (Å²) < 4.78 is 36.0. The first-order valence-corrected chi connectivity index (χ1v) is 20.4. The molecule has 1 aliphatic heterocycles. The molecular weight excluding hydrogens is 681 g/mol. The third-order valence-electron chi connectivity index (χ3n) is 10.4. The Balaban J connectivity index is 1.35. The van der Waals surface area contributed by atoms with E-state index in [1.807, 2.05) is 39.0 Å². The maximum Gasteiger partial charge on any atom is 0.414 e. The van der Waals surface area contributed by atoms with Gasteiger partial charge in [-0.25, -0.2) is 22.9 Å². The fraction of sp³-hybridized carbons (Fsp3) is 0.425. The number of hydrogen-bond acceptors (Lipinski definition) is 7. The van der Waals surface area contributed by atoms with Crippen molar-refractivity contribution in [3.05, 3.63) is 69.4 Å². The van der Waals surface area contributed by atoms with Gasteiger partial charge in [0.1, 0.15) is 5.60 Å². The fourth-order valence-electron chi connectivity index (χ4n) is 8.01. The number of nitrogens with one attached hydrogen (secondary N) is 1. The molecule has 0 atom stereocenters. The van der Waals surface area contributed by atoms with E-state index >= 15 is 0 Å². The molecule has 9 nitrogen and oxygen atoms in total. The molecule has 51 heavy (non-hydrogen) atoms. The van der Waals surface area contributed by atoms with Crippen LogP contribution in [0.4, 0.5) is 10.5 Å². The Morgan fingerprint density at radius 2 is 1.65 bits per heavy atom. The third kappa shape index (κ3) is 6.22. The molecule has 4 heterocycles. The van der Waals surface area contributed by atoms with Crippen molar-refractivity contribution < 1.29 is 22.7 Å². The summed E-state index contributed by atoms with van der Waals surface area (Å²) in [5, 5.41) is 1.43. The zero-order valence-corrected chi connectivity index (χ0v) is 31.5. The minimum absolute atomic E-state index is 0.296. The van der Waals surface area contributed by atoms with Crippen LogP contribution in [0.25, 0.3) is 44.3 Å². The number of aryl methyl sites for hydroxylation is 2. The number of aromatic nitrogens is 2. The van der Waals surface area contributed by atoms with E-state index in [0.717, 1.165) is 75.7 Å². The van der Waals surface area contributed by atoms with Gasteiger partial charge in [0.05, 0.1) is 27.8 Å². The largest absolute Gasteiger partial charge is 0.443 e. The van der Waals surface area contributed by atoms with E-state index in [-0.39, 0.29) is 0 Å². The highest BCUT2D eigenvalue weighted by Crippen LogP contribution is 2.49. The van der Waals surface area contributed by atoms with Gasteiger partial charge < -0.3 is 9.30 Å². The Labute approximate surface area is 303 Å². The third-order valence-corrected chi connectivity index (χ3v) is 13.2. The summed E-state index contributed by atoms with van der Waals surface area (Å²) in [6.45, 7) is 10.6. The highest BCUT2D eigenvalue weighted by Gasteiger charge is 2.38. The van der Waals surface area contributed by atoms with E-state index in [0.29, 0.717) is 37.4 Å². The number of carbonyl (C=O) groups excluding carboxylic acids is 2. The summed E-state index contributed by atoms with van der Waals surface area (Å²) in [7, 11) is -3.71. The molecule has 3 aliphatic rings. The molecule has 266 valence electrons. The minimum Gasteiger partial charge on any atom is -0.443 e. The Hall–Kier alpha value is -4.22. The summed E-state index contributed by atoms with van der Waals surface area (Å²) in [6.07, 6.45) is 6.31. The summed E-state index contributed by atoms with van der Waals surface area (Å²) in [4.78, 5) is 36.9. The van der Waals surface area contributed by atoms with Gasteiger partial charge in [-0.3, -0.25) is 9.69 Å². The van der Waals surface area contributed by atoms with Gasteiger partial charge in [-0.05, 0) is 114 Å². The van der Waals surface area contributed by atoms with Crippen molar-refractivity contribution in [1.29, 1.82) is 0 Å². The van der Waals surface area contributed by atoms with Crippen molar-refractivity contribution >= 4 is 60.9 Å². The first-order chi connectivity index (χ1) is 24.3. The van der Waals surface area contributed by atoms with E-state index in [9.17, 15) is 18.0 Å². The van der Waals surface area contributed by atoms with Gasteiger partial charge >= 0.3 is 6.09 Å². The second-order valence-electron chi connectivity index (χ2n) is 15.3. The molecule has 0 spiro atoms. The van der Waals surface area contributed by atoms with Gasteiger partial charge in [-0.1, -0.05) is 25.3 Å². The number of rotatable bonds is 5. The molecule has 2 fully saturated rings. The fourth-order valence-corrected chi connectivity index (χ4v) is 10.2. The van der Waals surface area contributed by atoms with E-state index < -0.39 is 32.9 Å². The van der Waals surface area contributed by atoms with Crippen molar-refractivity contribution in [3.8, 4) is 22.5 Å². The number of sulfonamides is 1. The van der Waals surface area contributed by atoms with E-state index in [2.05, 4.69) is 47.4 Å². The SMILES string of the molecule is Cc1cc(-c2ccc3c4c(ccc3n2)-c2c(C3CCCCC3)c3ccc(C(=O)NS(=O)(=O)C5CC5)cc3n2CCN4C(=O)OC(C)(C)C)c(C)s1. The molecule has 0 unspecified atom stereocenters. The van der Waals surface area contributed by atoms with Gasteiger partial charge in [0, 0.05) is 55.8 Å². The molecule has 3 aromatic heterocycles. The number of carbonyl (C=O) groups is 2. The summed E-state index contributed by atoms with van der Waals surface area (Å²) >= 11 is 1.76. The minimum atomic E-state index is -3.71. The van der Waals surface area contributed by atoms with Crippen LogP contribution < -0.4 is 9.62 Å². The van der Waals surface area contributed by atoms with E-state index in [1.165, 1.54) is 21.7 Å². The molecule has 5 aromatic rings. The maximum atomic E-state index is 14.1. The van der Waals surface area contributed by atoms with Gasteiger partial charge in [-0.15, -0.1) is 11.3 Å². The second-order valence-corrected chi connectivity index (χ2v) is 18.8. The number of thiophene rings is 1. The molecule has 0 radical (unpaired) electrons. The first-order valence-electron chi connectivity index (χ1n) is 18.0. The Morgan fingerprint density at radius 3 is 2.33 bits per heavy atom. The number of hydrogen-bond donors (Lipinski definition) is 1. The van der Waals surface area contributed by atoms with Crippen molar-refractivity contribution in [3.63, 3.8) is 0 Å². The lowest BCUT2D eigenvalue weighted by Crippen LogP contribution is -2.38. The standard InChI is InChI=1S/C40H44N4O5S2/c1-23-21-31(24(2)50-23)33-17-15-28-32(41-33)18-16-30-36(28)44(39(46)49-40(3,4)5)20-19-43-34-22-26(38(45)42-51(47,48)27-12-13-27)11-14-29(34)35(37(30)43)25-9-7-6-8-10-25/h11,14-18,21-22,25,27H,6-10,12-13,19-20H2,1-5H3,(H,42,45). The lowest BCUT2D eigenvalue weighted by atomic mass is 9.81. The van der Waals surface area contributed by atoms with Gasteiger partial charge in [0.15, 0.2) is 0 Å². The van der Waals surface area contributed by atoms with Gasteiger partial charge in [-0.2, -0.15) is 0 Å². The molecule has 1 N–H and O–H groups in total. The predicted octanol–water partition coefficient (Wildman–Crippen LogP) is 9.23. The lowest BCUT2D eigenvalue weighted by Gasteiger charge is -2.29. The van der Waals surface area contributed by atoms with Crippen LogP contribution in [0.2, 0.25) is 0 Å². The normalized spacial score (nSPS) is 16.9. The Bertz CT molecular complexity index is 2340. The summed E-state index contributed by atoms with van der Waals surface area (Å²) in [5.41, 5.74) is 7.21. The van der Waals surface area contributed by atoms with Crippen molar-refractivity contribution in [1.82, 2.24) is 14.3 Å². The van der Waals surface area contributed by atoms with Crippen molar-refractivity contribution in [2.45, 2.75) is 103 Å². The van der Waals surface area contributed by atoms with Gasteiger partial charge in [0.25, 0.3) is 5.91 Å². The smallest absolute Gasteiger partial charge is 0.414 e. The zero-order chi connectivity index (χ0) is 35.8. The van der Waals surface area contributed by atoms with Crippen LogP contribution in [0, 0.1) is 13.8 Å². The molecule has 11 heteroatoms. The van der Waals surface area contributed by atoms with Gasteiger partial charge in [0.2, 0.25) is 10.0 Å². The number of amides is 2. The van der Waals surface area contributed by atoms with Crippen LogP contribution in [0.5, 0.6) is 0 Å². The highest BCUT2D eigenvalue weighted by molar-refractivity contribution is 7.91. The van der Waals surface area contributed by atoms with Crippen molar-refractivity contribution in [2.75, 3.05) is 11.4 Å². The average molecular weight is 725 g/mol. The van der Waals surface area contributed by atoms with Crippen LogP contribution in [0.1, 0.15) is 97.3 Å². The molecule has 0 saturated heterocycles. The summed E-state index contributed by atoms with van der Waals surface area (Å²) in [5.74, 6) is -0.318. The summed E-state index contributed by atoms with van der Waals surface area (Å²) in [6, 6.07) is 16.0. The van der Waals surface area contributed by atoms with Crippen molar-refractivity contribution in [2.24, 2.45) is 0 Å². The molecule has 2 aromatic carbocycles. The zero-order valence-electron chi connectivity index (χ0n) is 29.8.